The molecule has 8 heterocycles. The number of likely N-dealkylation sites (N-methyl/N-ethyl adjacent to an activating group) is 2. The first-order valence-electron chi connectivity index (χ1n) is 43.6. The number of nitrogens with one attached hydrogen (secondary N) is 1. The first-order chi connectivity index (χ1) is 59.0. The van der Waals surface area contributed by atoms with Crippen molar-refractivity contribution in [1.29, 1.82) is 0 Å². The molecule has 1 unspecified atom stereocenters. The number of likely N-dealkylation sites (tertiary alicyclic amines) is 2. The Morgan fingerprint density at radius 2 is 0.770 bits per heavy atom. The molecular formula is C99H117N15O8. The number of anilines is 1. The molecule has 3 aliphatic rings. The molecular weight excluding hydrogens is 1530 g/mol. The van der Waals surface area contributed by atoms with E-state index in [0.29, 0.717) is 6.04 Å². The van der Waals surface area contributed by atoms with Gasteiger partial charge in [0.25, 0.3) is 22.7 Å². The highest BCUT2D eigenvalue weighted by Crippen LogP contribution is 2.44. The zero-order chi connectivity index (χ0) is 86.2. The molecule has 18 rings (SSSR count). The van der Waals surface area contributed by atoms with Crippen LogP contribution in [0.15, 0.2) is 194 Å². The number of aromatic nitrogens is 5. The number of nitro groups is 4. The van der Waals surface area contributed by atoms with Gasteiger partial charge in [0.1, 0.15) is 0 Å². The highest BCUT2D eigenvalue weighted by molar-refractivity contribution is 6.16. The second-order valence-electron chi connectivity index (χ2n) is 33.3. The third-order valence-electron chi connectivity index (χ3n) is 25.6. The summed E-state index contributed by atoms with van der Waals surface area (Å²) in [6.07, 6.45) is 10.4. The van der Waals surface area contributed by atoms with Crippen molar-refractivity contribution in [3.63, 3.8) is 0 Å². The summed E-state index contributed by atoms with van der Waals surface area (Å²) >= 11 is 0. The summed E-state index contributed by atoms with van der Waals surface area (Å²) in [6.45, 7) is 38.2. The average Bonchev–Trinajstić information content (AvgIpc) is 1.59. The predicted octanol–water partition coefficient (Wildman–Crippen LogP) is 22.0. The van der Waals surface area contributed by atoms with E-state index in [-0.39, 0.29) is 42.4 Å². The number of allylic oxidation sites excluding steroid dienone is 1. The van der Waals surface area contributed by atoms with Crippen molar-refractivity contribution in [1.82, 2.24) is 47.8 Å². The van der Waals surface area contributed by atoms with E-state index in [2.05, 4.69) is 231 Å². The molecule has 636 valence electrons. The molecule has 0 radical (unpaired) electrons. The minimum atomic E-state index is -0.334. The number of hydrogen-bond acceptors (Lipinski definition) is 14. The van der Waals surface area contributed by atoms with Crippen LogP contribution >= 0.6 is 0 Å². The third kappa shape index (κ3) is 18.3. The van der Waals surface area contributed by atoms with Crippen LogP contribution in [-0.2, 0) is 39.1 Å². The molecule has 1 N–H and O–H groups in total. The standard InChI is InChI=1S/C22H27N3.2C20H23N3O2.C20H25N3O2.C17H19N3O2/c1-5-24(6-2)13-14-25-19-10-8-7-9-18(19)21-20(25)12-11-17-15-16(3)23(4)22(17)21;1-14-5-7-19-17(12-14)18-13-16(23(24)25)6-8-20(18)22(19)11-9-15-4-3-10-21(15)2;1-15-5-7-19-17(13-15)18-14-16(23(24)25)6-8-20(18)22(19)12-4-11-21-9-2-3-10-21;1-4-21(5-2)11-6-12-22-19-9-7-15(3)13-17(19)18-14-16(23(24)25)8-10-20(18)22;1-12-4-6-16-14(10-12)15-11-13(20(21)22)5-7-17(15)19(16)9-3-8-18-2/h7-12H,3,5-6,13-15H2,1-2,4H3;5-8,12-13,15H,3-4,9-11H2,1-2H3;5-8,13-14H,2-4,9-12H2,1H3;7-10,13-14H,4-6,11-12H2,1-3H3;4-7,10-11,18H,3,8-9H2,1-2H3. The SMILES string of the molecule is C=C1Cc2ccc3c(c2N1C)c1ccccc1n3CCN(CC)CC.CCN(CC)CCCn1c2ccc(C)cc2c2cc([N+](=O)[O-])ccc21.CNCCCn1c2ccc(C)cc2c2cc([N+](=O)[O-])ccc21.Cc1ccc2c(c1)c1cc([N+](=O)[O-])ccc1n2CCC1CCCN1C.Cc1ccc2c(c1)c1cc([N+](=O)[O-])ccc1n2CCCN1CCCC1. The smallest absolute Gasteiger partial charge is 0.270 e. The topological polar surface area (TPSA) is 225 Å². The maximum atomic E-state index is 11.2. The van der Waals surface area contributed by atoms with Crippen LogP contribution in [-0.4, -0.2) is 161 Å². The van der Waals surface area contributed by atoms with Crippen LogP contribution < -0.4 is 10.2 Å². The zero-order valence-electron chi connectivity index (χ0n) is 72.8. The number of benzene rings is 10. The fourth-order valence-corrected chi connectivity index (χ4v) is 18.9. The third-order valence-corrected chi connectivity index (χ3v) is 25.6. The van der Waals surface area contributed by atoms with Gasteiger partial charge < -0.3 is 52.7 Å². The lowest BCUT2D eigenvalue weighted by Gasteiger charge is -2.20. The summed E-state index contributed by atoms with van der Waals surface area (Å²) in [5.41, 5.74) is 20.8. The van der Waals surface area contributed by atoms with Gasteiger partial charge in [0, 0.05) is 217 Å². The van der Waals surface area contributed by atoms with E-state index in [9.17, 15) is 40.5 Å². The van der Waals surface area contributed by atoms with E-state index in [1.165, 1.54) is 112 Å². The molecule has 0 amide bonds. The number of para-hydroxylation sites is 1. The summed E-state index contributed by atoms with van der Waals surface area (Å²) in [5.74, 6) is 0. The summed E-state index contributed by atoms with van der Waals surface area (Å²) in [5, 5.41) is 58.8. The van der Waals surface area contributed by atoms with Gasteiger partial charge >= 0.3 is 0 Å². The maximum Gasteiger partial charge on any atom is 0.270 e. The van der Waals surface area contributed by atoms with Crippen LogP contribution in [0.5, 0.6) is 0 Å². The highest BCUT2D eigenvalue weighted by Gasteiger charge is 2.28. The molecule has 122 heavy (non-hydrogen) atoms. The minimum Gasteiger partial charge on any atom is -0.348 e. The van der Waals surface area contributed by atoms with E-state index in [4.69, 9.17) is 0 Å². The molecule has 0 saturated carbocycles. The van der Waals surface area contributed by atoms with E-state index < -0.39 is 0 Å². The Morgan fingerprint density at radius 1 is 0.402 bits per heavy atom. The molecule has 2 fully saturated rings. The van der Waals surface area contributed by atoms with Gasteiger partial charge in [0.05, 0.1) is 30.9 Å². The Hall–Kier alpha value is -11.9. The molecule has 0 bridgehead atoms. The number of aryl methyl sites for hydroxylation is 8. The van der Waals surface area contributed by atoms with Crippen molar-refractivity contribution in [2.75, 3.05) is 98.0 Å². The first-order valence-corrected chi connectivity index (χ1v) is 43.6. The second kappa shape index (κ2) is 38.5. The van der Waals surface area contributed by atoms with Gasteiger partial charge in [-0.1, -0.05) is 105 Å². The van der Waals surface area contributed by atoms with Gasteiger partial charge in [-0.05, 0) is 249 Å². The van der Waals surface area contributed by atoms with E-state index >= 15 is 0 Å². The average molecular weight is 1650 g/mol. The fraction of sp³-hybridized carbons (Fsp3) is 0.374. The summed E-state index contributed by atoms with van der Waals surface area (Å²) in [4.78, 5) is 55.4. The van der Waals surface area contributed by atoms with Gasteiger partial charge in [-0.25, -0.2) is 0 Å². The zero-order valence-corrected chi connectivity index (χ0v) is 72.8. The Morgan fingerprint density at radius 3 is 1.18 bits per heavy atom. The minimum absolute atomic E-state index is 0.142. The molecule has 2 saturated heterocycles. The predicted molar refractivity (Wildman–Crippen MR) is 503 cm³/mol. The van der Waals surface area contributed by atoms with E-state index in [1.54, 1.807) is 48.5 Å². The van der Waals surface area contributed by atoms with Gasteiger partial charge in [0.15, 0.2) is 0 Å². The van der Waals surface area contributed by atoms with Crippen molar-refractivity contribution in [2.24, 2.45) is 0 Å². The second-order valence-corrected chi connectivity index (χ2v) is 33.3. The molecule has 23 nitrogen and oxygen atoms in total. The Labute approximate surface area is 713 Å². The number of non-ortho nitro benzene ring substituents is 4. The van der Waals surface area contributed by atoms with Crippen molar-refractivity contribution >= 4 is 137 Å². The number of nitro benzene ring substituents is 4. The Balaban J connectivity index is 0.000000125. The maximum absolute atomic E-state index is 11.2. The van der Waals surface area contributed by atoms with Crippen molar-refractivity contribution in [3.05, 3.63) is 263 Å². The number of rotatable bonds is 26. The fourth-order valence-electron chi connectivity index (χ4n) is 18.9. The van der Waals surface area contributed by atoms with Crippen LogP contribution in [0.4, 0.5) is 28.4 Å². The molecule has 0 spiro atoms. The Kier molecular flexibility index (Phi) is 27.3. The summed E-state index contributed by atoms with van der Waals surface area (Å²) < 4.78 is 11.7. The lowest BCUT2D eigenvalue weighted by atomic mass is 10.1. The van der Waals surface area contributed by atoms with Gasteiger partial charge in [-0.3, -0.25) is 40.5 Å². The largest absolute Gasteiger partial charge is 0.348 e. The lowest BCUT2D eigenvalue weighted by molar-refractivity contribution is -0.384. The molecule has 23 heteroatoms. The van der Waals surface area contributed by atoms with Crippen LogP contribution in [0.3, 0.4) is 0 Å². The molecule has 10 aromatic carbocycles. The highest BCUT2D eigenvalue weighted by atomic mass is 16.6. The lowest BCUT2D eigenvalue weighted by Crippen LogP contribution is -2.26. The van der Waals surface area contributed by atoms with Gasteiger partial charge in [-0.2, -0.15) is 0 Å². The Bertz CT molecular complexity index is 6250. The van der Waals surface area contributed by atoms with Crippen LogP contribution in [0.1, 0.15) is 107 Å². The first kappa shape index (κ1) is 86.5. The number of hydrogen-bond donors (Lipinski definition) is 1. The molecule has 1 atom stereocenters. The number of fused-ring (bicyclic) bond motifs is 17. The summed E-state index contributed by atoms with van der Waals surface area (Å²) in [6, 6.07) is 60.3. The number of nitrogens with zero attached hydrogens (tertiary/aromatic N) is 14. The normalized spacial score (nSPS) is 14.3. The van der Waals surface area contributed by atoms with Crippen molar-refractivity contribution in [2.45, 2.75) is 152 Å². The molecule has 0 aliphatic carbocycles. The van der Waals surface area contributed by atoms with Crippen molar-refractivity contribution < 1.29 is 19.7 Å². The summed E-state index contributed by atoms with van der Waals surface area (Å²) in [7, 11) is 6.30. The molecule has 5 aromatic heterocycles. The molecule has 15 aromatic rings. The van der Waals surface area contributed by atoms with Crippen LogP contribution in [0.2, 0.25) is 0 Å². The van der Waals surface area contributed by atoms with Gasteiger partial charge in [0.2, 0.25) is 0 Å². The van der Waals surface area contributed by atoms with Crippen LogP contribution in [0, 0.1) is 68.2 Å². The monoisotopic (exact) mass is 1640 g/mol. The van der Waals surface area contributed by atoms with Crippen molar-refractivity contribution in [3.8, 4) is 0 Å². The quantitative estimate of drug-likeness (QED) is 0.0302. The van der Waals surface area contributed by atoms with E-state index in [1.807, 2.05) is 38.2 Å². The van der Waals surface area contributed by atoms with E-state index in [0.717, 1.165) is 199 Å². The van der Waals surface area contributed by atoms with Gasteiger partial charge in [-0.15, -0.1) is 0 Å². The van der Waals surface area contributed by atoms with Crippen LogP contribution in [0.25, 0.3) is 109 Å². The molecule has 3 aliphatic heterocycles.